The van der Waals surface area contributed by atoms with E-state index in [1.807, 2.05) is 0 Å². The number of hydrogen-bond acceptors (Lipinski definition) is 4. The third-order valence-electron chi connectivity index (χ3n) is 5.08. The standard InChI is InChI=1S/C24H22F4N2O4S/c25-21-8-10-22(11-9-21)35(33,34)30(12-13-31)16-23(32)29-15-17-2-1-3-19(14-17)18-4-6-20(7-5-18)24(26,27)28/h1-11,14,31H,12-13,15-16H2,(H,29,32). The molecule has 1 amide bonds. The first kappa shape index (κ1) is 26.3. The minimum atomic E-state index is -4.43. The molecular weight excluding hydrogens is 488 g/mol. The Morgan fingerprint density at radius 2 is 1.60 bits per heavy atom. The fraction of sp³-hybridized carbons (Fsp3) is 0.208. The van der Waals surface area contributed by atoms with Gasteiger partial charge < -0.3 is 10.4 Å². The molecule has 35 heavy (non-hydrogen) atoms. The number of rotatable bonds is 9. The van der Waals surface area contributed by atoms with Crippen LogP contribution in [-0.4, -0.2) is 43.4 Å². The quantitative estimate of drug-likeness (QED) is 0.429. The molecule has 0 aromatic heterocycles. The van der Waals surface area contributed by atoms with Crippen LogP contribution in [0.15, 0.2) is 77.7 Å². The summed E-state index contributed by atoms with van der Waals surface area (Å²) < 4.78 is 77.8. The number of amides is 1. The fourth-order valence-corrected chi connectivity index (χ4v) is 4.67. The van der Waals surface area contributed by atoms with E-state index in [9.17, 15) is 35.9 Å². The van der Waals surface area contributed by atoms with Gasteiger partial charge >= 0.3 is 6.18 Å². The Morgan fingerprint density at radius 1 is 0.943 bits per heavy atom. The molecule has 0 unspecified atom stereocenters. The highest BCUT2D eigenvalue weighted by Gasteiger charge is 2.30. The van der Waals surface area contributed by atoms with Gasteiger partial charge in [0, 0.05) is 13.1 Å². The number of sulfonamides is 1. The fourth-order valence-electron chi connectivity index (χ4n) is 3.28. The zero-order valence-electron chi connectivity index (χ0n) is 18.3. The Morgan fingerprint density at radius 3 is 2.20 bits per heavy atom. The van der Waals surface area contributed by atoms with Gasteiger partial charge in [0.1, 0.15) is 5.82 Å². The molecular formula is C24H22F4N2O4S. The van der Waals surface area contributed by atoms with Crippen LogP contribution in [0, 0.1) is 5.82 Å². The molecule has 0 saturated heterocycles. The molecule has 0 saturated carbocycles. The van der Waals surface area contributed by atoms with Gasteiger partial charge in [0.25, 0.3) is 0 Å². The molecule has 3 aromatic rings. The van der Waals surface area contributed by atoms with Crippen molar-refractivity contribution in [3.05, 3.63) is 89.7 Å². The Labute approximate surface area is 199 Å². The maximum atomic E-state index is 13.1. The van der Waals surface area contributed by atoms with E-state index in [-0.39, 0.29) is 18.0 Å². The minimum Gasteiger partial charge on any atom is -0.395 e. The lowest BCUT2D eigenvalue weighted by Gasteiger charge is -2.21. The molecule has 186 valence electrons. The molecule has 11 heteroatoms. The molecule has 3 aromatic carbocycles. The molecule has 0 aliphatic carbocycles. The highest BCUT2D eigenvalue weighted by molar-refractivity contribution is 7.89. The normalized spacial score (nSPS) is 12.1. The number of carbonyl (C=O) groups is 1. The van der Waals surface area contributed by atoms with Crippen molar-refractivity contribution >= 4 is 15.9 Å². The average Bonchev–Trinajstić information content (AvgIpc) is 2.82. The summed E-state index contributed by atoms with van der Waals surface area (Å²) in [7, 11) is -4.15. The van der Waals surface area contributed by atoms with Crippen molar-refractivity contribution in [2.75, 3.05) is 19.7 Å². The van der Waals surface area contributed by atoms with E-state index >= 15 is 0 Å². The molecule has 2 N–H and O–H groups in total. The van der Waals surface area contributed by atoms with Gasteiger partial charge in [0.2, 0.25) is 15.9 Å². The summed E-state index contributed by atoms with van der Waals surface area (Å²) in [6.07, 6.45) is -4.43. The number of nitrogens with one attached hydrogen (secondary N) is 1. The lowest BCUT2D eigenvalue weighted by atomic mass is 10.0. The smallest absolute Gasteiger partial charge is 0.395 e. The second-order valence-corrected chi connectivity index (χ2v) is 9.51. The Hall–Kier alpha value is -3.28. The van der Waals surface area contributed by atoms with Gasteiger partial charge in [0.05, 0.1) is 23.6 Å². The number of nitrogens with zero attached hydrogens (tertiary/aromatic N) is 1. The number of benzene rings is 3. The van der Waals surface area contributed by atoms with E-state index in [2.05, 4.69) is 5.32 Å². The lowest BCUT2D eigenvalue weighted by molar-refractivity contribution is -0.137. The number of hydrogen-bond donors (Lipinski definition) is 2. The Kier molecular flexibility index (Phi) is 8.26. The van der Waals surface area contributed by atoms with Gasteiger partial charge in [0.15, 0.2) is 0 Å². The highest BCUT2D eigenvalue weighted by Crippen LogP contribution is 2.31. The van der Waals surface area contributed by atoms with Gasteiger partial charge in [-0.1, -0.05) is 30.3 Å². The van der Waals surface area contributed by atoms with Gasteiger partial charge in [-0.25, -0.2) is 12.8 Å². The zero-order chi connectivity index (χ0) is 25.6. The molecule has 0 heterocycles. The number of aliphatic hydroxyl groups is 1. The molecule has 0 fully saturated rings. The number of alkyl halides is 3. The maximum absolute atomic E-state index is 13.1. The van der Waals surface area contributed by atoms with Crippen LogP contribution < -0.4 is 5.32 Å². The molecule has 0 aliphatic rings. The first-order valence-electron chi connectivity index (χ1n) is 10.4. The summed E-state index contributed by atoms with van der Waals surface area (Å²) in [5.74, 6) is -1.25. The monoisotopic (exact) mass is 510 g/mol. The third-order valence-corrected chi connectivity index (χ3v) is 6.94. The molecule has 6 nitrogen and oxygen atoms in total. The second kappa shape index (κ2) is 11.0. The molecule has 0 atom stereocenters. The largest absolute Gasteiger partial charge is 0.416 e. The van der Waals surface area contributed by atoms with Crippen molar-refractivity contribution in [1.29, 1.82) is 0 Å². The molecule has 0 aliphatic heterocycles. The molecule has 3 rings (SSSR count). The summed E-state index contributed by atoms with van der Waals surface area (Å²) in [5.41, 5.74) is 1.09. The minimum absolute atomic E-state index is 0.0386. The van der Waals surface area contributed by atoms with Crippen molar-refractivity contribution in [2.45, 2.75) is 17.6 Å². The summed E-state index contributed by atoms with van der Waals surface area (Å²) >= 11 is 0. The third kappa shape index (κ3) is 6.87. The lowest BCUT2D eigenvalue weighted by Crippen LogP contribution is -2.41. The summed E-state index contributed by atoms with van der Waals surface area (Å²) in [5, 5.41) is 11.8. The predicted molar refractivity (Wildman–Crippen MR) is 121 cm³/mol. The van der Waals surface area contributed by atoms with E-state index in [4.69, 9.17) is 0 Å². The van der Waals surface area contributed by atoms with E-state index in [1.165, 1.54) is 12.1 Å². The van der Waals surface area contributed by atoms with Crippen LogP contribution in [0.3, 0.4) is 0 Å². The zero-order valence-corrected chi connectivity index (χ0v) is 19.1. The van der Waals surface area contributed by atoms with Crippen LogP contribution in [0.5, 0.6) is 0 Å². The summed E-state index contributed by atoms with van der Waals surface area (Å²) in [4.78, 5) is 12.2. The van der Waals surface area contributed by atoms with Crippen LogP contribution >= 0.6 is 0 Å². The van der Waals surface area contributed by atoms with Crippen molar-refractivity contribution in [3.8, 4) is 11.1 Å². The Bertz CT molecular complexity index is 1260. The number of halogens is 4. The van der Waals surface area contributed by atoms with Gasteiger partial charge in [-0.2, -0.15) is 17.5 Å². The number of carbonyl (C=O) groups excluding carboxylic acids is 1. The second-order valence-electron chi connectivity index (χ2n) is 7.57. The predicted octanol–water partition coefficient (Wildman–Crippen LogP) is 3.81. The van der Waals surface area contributed by atoms with Crippen LogP contribution in [0.4, 0.5) is 17.6 Å². The molecule has 0 radical (unpaired) electrons. The molecule has 0 bridgehead atoms. The highest BCUT2D eigenvalue weighted by atomic mass is 32.2. The van der Waals surface area contributed by atoms with Crippen LogP contribution in [0.2, 0.25) is 0 Å². The SMILES string of the molecule is O=C(CN(CCO)S(=O)(=O)c1ccc(F)cc1)NCc1cccc(-c2ccc(C(F)(F)F)cc2)c1. The maximum Gasteiger partial charge on any atom is 0.416 e. The first-order chi connectivity index (χ1) is 16.5. The number of aliphatic hydroxyl groups excluding tert-OH is 1. The van der Waals surface area contributed by atoms with E-state index in [1.54, 1.807) is 24.3 Å². The van der Waals surface area contributed by atoms with Crippen LogP contribution in [0.1, 0.15) is 11.1 Å². The van der Waals surface area contributed by atoms with Crippen molar-refractivity contribution in [2.24, 2.45) is 0 Å². The average molecular weight is 511 g/mol. The van der Waals surface area contributed by atoms with E-state index in [0.717, 1.165) is 40.7 Å². The summed E-state index contributed by atoms with van der Waals surface area (Å²) in [6, 6.07) is 15.6. The van der Waals surface area contributed by atoms with Crippen LogP contribution in [-0.2, 0) is 27.5 Å². The van der Waals surface area contributed by atoms with Crippen molar-refractivity contribution in [1.82, 2.24) is 9.62 Å². The van der Waals surface area contributed by atoms with Gasteiger partial charge in [-0.05, 0) is 59.2 Å². The van der Waals surface area contributed by atoms with Gasteiger partial charge in [-0.3, -0.25) is 4.79 Å². The Balaban J connectivity index is 1.67. The molecule has 0 spiro atoms. The van der Waals surface area contributed by atoms with Crippen molar-refractivity contribution in [3.63, 3.8) is 0 Å². The first-order valence-corrected chi connectivity index (χ1v) is 11.8. The van der Waals surface area contributed by atoms with Crippen molar-refractivity contribution < 1.29 is 35.9 Å². The van der Waals surface area contributed by atoms with E-state index in [0.29, 0.717) is 16.7 Å². The van der Waals surface area contributed by atoms with Gasteiger partial charge in [-0.15, -0.1) is 0 Å². The van der Waals surface area contributed by atoms with Crippen LogP contribution in [0.25, 0.3) is 11.1 Å². The van der Waals surface area contributed by atoms with E-state index < -0.39 is 46.6 Å². The topological polar surface area (TPSA) is 86.7 Å². The summed E-state index contributed by atoms with van der Waals surface area (Å²) in [6.45, 7) is -1.39.